The lowest BCUT2D eigenvalue weighted by Crippen LogP contribution is -2.42. The van der Waals surface area contributed by atoms with Crippen molar-refractivity contribution in [2.24, 2.45) is 0 Å². The standard InChI is InChI=1S/C12H16Cl2O4/c1-12(18,11(17)6-15)5-10(16)7-2-3-8(13)9(14)4-7/h2-4,10-11,15-18H,5-6H2,1H3/t10-,11-,12+/m0/s1. The summed E-state index contributed by atoms with van der Waals surface area (Å²) in [7, 11) is 0. The van der Waals surface area contributed by atoms with Gasteiger partial charge in [-0.2, -0.15) is 0 Å². The summed E-state index contributed by atoms with van der Waals surface area (Å²) in [5, 5.41) is 38.8. The van der Waals surface area contributed by atoms with Gasteiger partial charge in [0.25, 0.3) is 0 Å². The van der Waals surface area contributed by atoms with Gasteiger partial charge < -0.3 is 20.4 Å². The van der Waals surface area contributed by atoms with Crippen LogP contribution in [0.5, 0.6) is 0 Å². The van der Waals surface area contributed by atoms with Gasteiger partial charge in [-0.25, -0.2) is 0 Å². The van der Waals surface area contributed by atoms with Crippen LogP contribution in [0.15, 0.2) is 18.2 Å². The average Bonchev–Trinajstić information content (AvgIpc) is 2.30. The van der Waals surface area contributed by atoms with Crippen LogP contribution >= 0.6 is 23.2 Å². The van der Waals surface area contributed by atoms with Crippen molar-refractivity contribution < 1.29 is 20.4 Å². The molecule has 0 heterocycles. The van der Waals surface area contributed by atoms with Gasteiger partial charge in [0, 0.05) is 6.42 Å². The fourth-order valence-corrected chi connectivity index (χ4v) is 1.87. The third kappa shape index (κ3) is 3.82. The molecule has 0 amide bonds. The quantitative estimate of drug-likeness (QED) is 0.664. The van der Waals surface area contributed by atoms with Crippen molar-refractivity contribution in [3.8, 4) is 0 Å². The maximum atomic E-state index is 9.96. The SMILES string of the molecule is C[C@@](O)(C[C@H](O)c1ccc(Cl)c(Cl)c1)[C@@H](O)CO. The Bertz CT molecular complexity index is 409. The molecule has 0 unspecified atom stereocenters. The van der Waals surface area contributed by atoms with Crippen LogP contribution in [0.25, 0.3) is 0 Å². The van der Waals surface area contributed by atoms with Crippen LogP contribution in [0.3, 0.4) is 0 Å². The highest BCUT2D eigenvalue weighted by Gasteiger charge is 2.32. The Labute approximate surface area is 115 Å². The van der Waals surface area contributed by atoms with E-state index in [9.17, 15) is 15.3 Å². The van der Waals surface area contributed by atoms with Crippen molar-refractivity contribution in [3.05, 3.63) is 33.8 Å². The van der Waals surface area contributed by atoms with Crippen LogP contribution in [0, 0.1) is 0 Å². The predicted octanol–water partition coefficient (Wildman–Crippen LogP) is 1.52. The molecule has 0 aromatic heterocycles. The van der Waals surface area contributed by atoms with E-state index in [0.717, 1.165) is 0 Å². The highest BCUT2D eigenvalue weighted by molar-refractivity contribution is 6.42. The van der Waals surface area contributed by atoms with Gasteiger partial charge in [-0.3, -0.25) is 0 Å². The van der Waals surface area contributed by atoms with Crippen LogP contribution in [0.2, 0.25) is 10.0 Å². The minimum absolute atomic E-state index is 0.132. The van der Waals surface area contributed by atoms with E-state index in [1.807, 2.05) is 0 Å². The molecule has 1 aromatic rings. The van der Waals surface area contributed by atoms with E-state index in [1.54, 1.807) is 12.1 Å². The summed E-state index contributed by atoms with van der Waals surface area (Å²) in [6.07, 6.45) is -2.47. The van der Waals surface area contributed by atoms with Crippen molar-refractivity contribution in [3.63, 3.8) is 0 Å². The first-order chi connectivity index (χ1) is 8.27. The van der Waals surface area contributed by atoms with Crippen LogP contribution < -0.4 is 0 Å². The van der Waals surface area contributed by atoms with Crippen molar-refractivity contribution in [1.82, 2.24) is 0 Å². The Kier molecular flexibility index (Phi) is 5.40. The van der Waals surface area contributed by atoms with E-state index in [-0.39, 0.29) is 6.42 Å². The maximum absolute atomic E-state index is 9.96. The average molecular weight is 295 g/mol. The van der Waals surface area contributed by atoms with Gasteiger partial charge in [-0.1, -0.05) is 29.3 Å². The largest absolute Gasteiger partial charge is 0.394 e. The molecule has 0 spiro atoms. The van der Waals surface area contributed by atoms with E-state index >= 15 is 0 Å². The number of hydrogen-bond acceptors (Lipinski definition) is 4. The van der Waals surface area contributed by atoms with Crippen LogP contribution in [-0.4, -0.2) is 38.7 Å². The summed E-state index contributed by atoms with van der Waals surface area (Å²) >= 11 is 11.6. The Morgan fingerprint density at radius 3 is 2.33 bits per heavy atom. The molecule has 0 aliphatic carbocycles. The smallest absolute Gasteiger partial charge is 0.105 e. The van der Waals surface area contributed by atoms with Gasteiger partial charge in [0.2, 0.25) is 0 Å². The minimum atomic E-state index is -1.60. The third-order valence-corrected chi connectivity index (χ3v) is 3.56. The van der Waals surface area contributed by atoms with E-state index in [2.05, 4.69) is 0 Å². The lowest BCUT2D eigenvalue weighted by atomic mass is 9.90. The molecular weight excluding hydrogens is 279 g/mol. The molecule has 6 heteroatoms. The molecule has 0 saturated heterocycles. The van der Waals surface area contributed by atoms with Crippen molar-refractivity contribution in [2.45, 2.75) is 31.2 Å². The fraction of sp³-hybridized carbons (Fsp3) is 0.500. The van der Waals surface area contributed by atoms with Gasteiger partial charge >= 0.3 is 0 Å². The number of halogens is 2. The first kappa shape index (κ1) is 15.7. The number of benzene rings is 1. The van der Waals surface area contributed by atoms with Gasteiger partial charge in [-0.15, -0.1) is 0 Å². The number of rotatable bonds is 5. The molecule has 102 valence electrons. The first-order valence-electron chi connectivity index (χ1n) is 5.42. The van der Waals surface area contributed by atoms with Gasteiger partial charge in [0.1, 0.15) is 6.10 Å². The van der Waals surface area contributed by atoms with Crippen LogP contribution in [-0.2, 0) is 0 Å². The number of hydrogen-bond donors (Lipinski definition) is 4. The van der Waals surface area contributed by atoms with Gasteiger partial charge in [0.05, 0.1) is 28.4 Å². The highest BCUT2D eigenvalue weighted by Crippen LogP contribution is 2.30. The van der Waals surface area contributed by atoms with Crippen molar-refractivity contribution in [2.75, 3.05) is 6.61 Å². The van der Waals surface area contributed by atoms with E-state index in [0.29, 0.717) is 15.6 Å². The summed E-state index contributed by atoms with van der Waals surface area (Å²) in [5.74, 6) is 0. The van der Waals surface area contributed by atoms with Crippen LogP contribution in [0.4, 0.5) is 0 Å². The second kappa shape index (κ2) is 6.19. The highest BCUT2D eigenvalue weighted by atomic mass is 35.5. The molecular formula is C12H16Cl2O4. The summed E-state index contributed by atoms with van der Waals surface area (Å²) in [6.45, 7) is 0.760. The second-order valence-corrected chi connectivity index (χ2v) is 5.26. The Hall–Kier alpha value is -0.360. The number of aliphatic hydroxyl groups is 4. The molecule has 0 radical (unpaired) electrons. The van der Waals surface area contributed by atoms with Crippen molar-refractivity contribution in [1.29, 1.82) is 0 Å². The van der Waals surface area contributed by atoms with E-state index < -0.39 is 24.4 Å². The first-order valence-corrected chi connectivity index (χ1v) is 6.18. The molecule has 3 atom stereocenters. The van der Waals surface area contributed by atoms with E-state index in [1.165, 1.54) is 13.0 Å². The fourth-order valence-electron chi connectivity index (χ4n) is 1.56. The molecule has 1 aromatic carbocycles. The molecule has 0 aliphatic rings. The molecule has 0 aliphatic heterocycles. The zero-order valence-electron chi connectivity index (χ0n) is 9.85. The lowest BCUT2D eigenvalue weighted by molar-refractivity contribution is -0.104. The summed E-state index contributed by atoms with van der Waals surface area (Å²) in [5.41, 5.74) is -1.12. The topological polar surface area (TPSA) is 80.9 Å². The van der Waals surface area contributed by atoms with E-state index in [4.69, 9.17) is 28.3 Å². The monoisotopic (exact) mass is 294 g/mol. The van der Waals surface area contributed by atoms with Gasteiger partial charge in [0.15, 0.2) is 0 Å². The Morgan fingerprint density at radius 1 is 1.22 bits per heavy atom. The molecule has 18 heavy (non-hydrogen) atoms. The molecule has 0 bridgehead atoms. The van der Waals surface area contributed by atoms with Crippen molar-refractivity contribution >= 4 is 23.2 Å². The molecule has 4 N–H and O–H groups in total. The molecule has 4 nitrogen and oxygen atoms in total. The summed E-state index contributed by atoms with van der Waals surface area (Å²) in [4.78, 5) is 0. The normalized spacial score (nSPS) is 18.2. The molecule has 0 saturated carbocycles. The Balaban J connectivity index is 2.81. The molecule has 0 fully saturated rings. The Morgan fingerprint density at radius 2 is 1.83 bits per heavy atom. The zero-order valence-corrected chi connectivity index (χ0v) is 11.4. The minimum Gasteiger partial charge on any atom is -0.394 e. The summed E-state index contributed by atoms with van der Waals surface area (Å²) in [6, 6.07) is 4.62. The summed E-state index contributed by atoms with van der Waals surface area (Å²) < 4.78 is 0. The number of aliphatic hydroxyl groups excluding tert-OH is 3. The third-order valence-electron chi connectivity index (χ3n) is 2.83. The maximum Gasteiger partial charge on any atom is 0.105 e. The second-order valence-electron chi connectivity index (χ2n) is 4.45. The van der Waals surface area contributed by atoms with Gasteiger partial charge in [-0.05, 0) is 24.6 Å². The zero-order chi connectivity index (χ0) is 13.9. The molecule has 1 rings (SSSR count). The lowest BCUT2D eigenvalue weighted by Gasteiger charge is -2.30. The van der Waals surface area contributed by atoms with Crippen LogP contribution in [0.1, 0.15) is 25.0 Å². The predicted molar refractivity (Wildman–Crippen MR) is 69.8 cm³/mol.